The lowest BCUT2D eigenvalue weighted by Crippen LogP contribution is -2.72. The molecule has 0 aromatic heterocycles. The summed E-state index contributed by atoms with van der Waals surface area (Å²) in [5, 5.41) is 30.9. The number of unbranched alkanes of at least 4 members (excludes halogenated alkanes) is 14. The Morgan fingerprint density at radius 1 is 0.639 bits per heavy atom. The van der Waals surface area contributed by atoms with E-state index < -0.39 is 40.5 Å². The molecule has 0 aromatic carbocycles. The van der Waals surface area contributed by atoms with Gasteiger partial charge in [0.25, 0.3) is 0 Å². The molecule has 0 amide bonds. The minimum Gasteiger partial charge on any atom is -0.544 e. The van der Waals surface area contributed by atoms with Crippen LogP contribution in [0.3, 0.4) is 0 Å². The lowest BCUT2D eigenvalue weighted by atomic mass is 10.00. The highest BCUT2D eigenvalue weighted by Crippen LogP contribution is 2.27. The Bertz CT molecular complexity index is 597. The van der Waals surface area contributed by atoms with Crippen LogP contribution in [0.25, 0.3) is 0 Å². The van der Waals surface area contributed by atoms with Crippen molar-refractivity contribution in [1.29, 1.82) is 0 Å². The van der Waals surface area contributed by atoms with Gasteiger partial charge in [-0.2, -0.15) is 0 Å². The molecule has 210 valence electrons. The number of carbonyl (C=O) groups is 3. The average molecular weight is 512 g/mol. The Morgan fingerprint density at radius 2 is 1.00 bits per heavy atom. The lowest BCUT2D eigenvalue weighted by Gasteiger charge is -2.49. The number of carboxylic acid groups (broad SMARTS) is 3. The van der Waals surface area contributed by atoms with Gasteiger partial charge in [-0.05, 0) is 59.3 Å². The maximum Gasteiger partial charge on any atom is 0.362 e. The largest absolute Gasteiger partial charge is 0.544 e. The van der Waals surface area contributed by atoms with Crippen LogP contribution in [-0.2, 0) is 14.4 Å². The van der Waals surface area contributed by atoms with E-state index in [0.29, 0.717) is 6.42 Å². The predicted octanol–water partition coefficient (Wildman–Crippen LogP) is 5.71. The highest BCUT2D eigenvalue weighted by Gasteiger charge is 2.50. The Morgan fingerprint density at radius 3 is 1.36 bits per heavy atom. The van der Waals surface area contributed by atoms with Crippen molar-refractivity contribution in [2.24, 2.45) is 0 Å². The quantitative estimate of drug-likeness (QED) is 0.0975. The number of quaternary nitrogens is 1. The Hall–Kier alpha value is -1.89. The normalized spacial score (nSPS) is 15.9. The summed E-state index contributed by atoms with van der Waals surface area (Å²) >= 11 is 0. The molecule has 0 saturated heterocycles. The second-order valence-corrected chi connectivity index (χ2v) is 10.4. The van der Waals surface area contributed by atoms with Crippen LogP contribution < -0.4 is 5.11 Å². The Kier molecular flexibility index (Phi) is 19.1. The van der Waals surface area contributed by atoms with Gasteiger partial charge in [0.1, 0.15) is 6.04 Å². The van der Waals surface area contributed by atoms with Gasteiger partial charge >= 0.3 is 11.9 Å². The van der Waals surface area contributed by atoms with Gasteiger partial charge in [-0.3, -0.25) is 4.48 Å². The van der Waals surface area contributed by atoms with E-state index in [-0.39, 0.29) is 6.54 Å². The average Bonchev–Trinajstić information content (AvgIpc) is 2.84. The van der Waals surface area contributed by atoms with E-state index >= 15 is 0 Å². The molecule has 3 unspecified atom stereocenters. The fourth-order valence-electron chi connectivity index (χ4n) is 5.18. The Balaban J connectivity index is 4.26. The van der Waals surface area contributed by atoms with E-state index in [1.165, 1.54) is 85.0 Å². The first-order chi connectivity index (χ1) is 17.1. The van der Waals surface area contributed by atoms with Crippen molar-refractivity contribution in [2.75, 3.05) is 6.54 Å². The molecule has 0 saturated carbocycles. The van der Waals surface area contributed by atoms with Gasteiger partial charge in [-0.1, -0.05) is 83.3 Å². The Labute approximate surface area is 219 Å². The van der Waals surface area contributed by atoms with Crippen LogP contribution in [-0.4, -0.2) is 57.3 Å². The van der Waals surface area contributed by atoms with E-state index in [4.69, 9.17) is 0 Å². The lowest BCUT2D eigenvalue weighted by molar-refractivity contribution is -0.969. The highest BCUT2D eigenvalue weighted by atomic mass is 16.4. The van der Waals surface area contributed by atoms with Gasteiger partial charge in [0, 0.05) is 0 Å². The summed E-state index contributed by atoms with van der Waals surface area (Å²) in [4.78, 5) is 35.2. The summed E-state index contributed by atoms with van der Waals surface area (Å²) in [5.74, 6) is -3.84. The molecule has 0 aliphatic rings. The zero-order valence-corrected chi connectivity index (χ0v) is 23.4. The number of allylic oxidation sites excluding steroid dienone is 2. The SMILES string of the molecule is CCCCCCCCCCCC/C=C/CCCCCC[N+](C(C)C(=O)[O-])(C(C)C(=O)O)C(C)C(=O)O. The van der Waals surface area contributed by atoms with E-state index in [2.05, 4.69) is 19.1 Å². The summed E-state index contributed by atoms with van der Waals surface area (Å²) in [5.41, 5.74) is 0. The molecular formula is C29H53NO6. The third kappa shape index (κ3) is 12.9. The first-order valence-corrected chi connectivity index (χ1v) is 14.3. The topological polar surface area (TPSA) is 115 Å². The van der Waals surface area contributed by atoms with Gasteiger partial charge in [0.15, 0.2) is 12.1 Å². The van der Waals surface area contributed by atoms with Crippen molar-refractivity contribution in [2.45, 2.75) is 149 Å². The van der Waals surface area contributed by atoms with Crippen LogP contribution in [0.5, 0.6) is 0 Å². The fraction of sp³-hybridized carbons (Fsp3) is 0.828. The smallest absolute Gasteiger partial charge is 0.362 e. The second kappa shape index (κ2) is 20.2. The van der Waals surface area contributed by atoms with E-state index in [1.807, 2.05) is 0 Å². The van der Waals surface area contributed by atoms with Crippen LogP contribution in [0, 0.1) is 0 Å². The van der Waals surface area contributed by atoms with Crippen LogP contribution in [0.15, 0.2) is 12.2 Å². The summed E-state index contributed by atoms with van der Waals surface area (Å²) in [7, 11) is 0. The van der Waals surface area contributed by atoms with Crippen LogP contribution >= 0.6 is 0 Å². The summed E-state index contributed by atoms with van der Waals surface area (Å²) < 4.78 is -0.550. The molecule has 3 atom stereocenters. The summed E-state index contributed by atoms with van der Waals surface area (Å²) in [6.45, 7) is 6.56. The van der Waals surface area contributed by atoms with Crippen molar-refractivity contribution in [3.63, 3.8) is 0 Å². The van der Waals surface area contributed by atoms with Crippen molar-refractivity contribution < 1.29 is 34.2 Å². The van der Waals surface area contributed by atoms with E-state index in [9.17, 15) is 29.7 Å². The number of carbonyl (C=O) groups excluding carboxylic acids is 1. The van der Waals surface area contributed by atoms with Crippen LogP contribution in [0.2, 0.25) is 0 Å². The molecule has 36 heavy (non-hydrogen) atoms. The number of aliphatic carboxylic acids is 3. The van der Waals surface area contributed by atoms with E-state index in [1.54, 1.807) is 0 Å². The molecule has 0 fully saturated rings. The molecule has 7 nitrogen and oxygen atoms in total. The molecule has 0 radical (unpaired) electrons. The molecule has 0 bridgehead atoms. The summed E-state index contributed by atoms with van der Waals surface area (Å²) in [6.07, 6.45) is 23.3. The van der Waals surface area contributed by atoms with Crippen molar-refractivity contribution in [1.82, 2.24) is 0 Å². The molecule has 2 N–H and O–H groups in total. The van der Waals surface area contributed by atoms with Gasteiger partial charge in [0.05, 0.1) is 12.5 Å². The van der Waals surface area contributed by atoms with Crippen molar-refractivity contribution in [3.8, 4) is 0 Å². The molecule has 0 heterocycles. The molecule has 0 aromatic rings. The van der Waals surface area contributed by atoms with Crippen LogP contribution in [0.1, 0.15) is 130 Å². The molecule has 0 spiro atoms. The second-order valence-electron chi connectivity index (χ2n) is 10.4. The molecule has 7 heteroatoms. The number of hydrogen-bond acceptors (Lipinski definition) is 4. The molecule has 0 aliphatic heterocycles. The van der Waals surface area contributed by atoms with E-state index in [0.717, 1.165) is 32.1 Å². The molecule has 0 rings (SSSR count). The highest BCUT2D eigenvalue weighted by molar-refractivity contribution is 5.76. The molecule has 0 aliphatic carbocycles. The maximum absolute atomic E-state index is 11.8. The van der Waals surface area contributed by atoms with Crippen molar-refractivity contribution in [3.05, 3.63) is 12.2 Å². The molecular weight excluding hydrogens is 458 g/mol. The number of carboxylic acids is 3. The van der Waals surface area contributed by atoms with Gasteiger partial charge < -0.3 is 20.1 Å². The minimum absolute atomic E-state index is 0.171. The van der Waals surface area contributed by atoms with Gasteiger partial charge in [-0.25, -0.2) is 9.59 Å². The monoisotopic (exact) mass is 511 g/mol. The zero-order chi connectivity index (χ0) is 27.4. The number of rotatable bonds is 24. The first kappa shape index (κ1) is 34.1. The third-order valence-corrected chi connectivity index (χ3v) is 7.78. The van der Waals surface area contributed by atoms with Gasteiger partial charge in [0.2, 0.25) is 0 Å². The predicted molar refractivity (Wildman–Crippen MR) is 142 cm³/mol. The zero-order valence-electron chi connectivity index (χ0n) is 23.4. The number of nitrogens with zero attached hydrogens (tertiary/aromatic N) is 1. The first-order valence-electron chi connectivity index (χ1n) is 14.3. The third-order valence-electron chi connectivity index (χ3n) is 7.78. The maximum atomic E-state index is 11.8. The standard InChI is InChI=1S/C29H53NO6/c1-5-6-7-8-9-10-11-12-13-14-15-16-17-18-19-20-21-22-23-30(24(2)27(31)32,25(3)28(33)34)26(4)29(35)36/h16-17,24-26H,5-15,18-23H2,1-4H3,(H2-,31,32,33,34,35,36)/b17-16+. The number of hydrogen-bond donors (Lipinski definition) is 2. The minimum atomic E-state index is -1.43. The fourth-order valence-corrected chi connectivity index (χ4v) is 5.18. The van der Waals surface area contributed by atoms with Crippen LogP contribution in [0.4, 0.5) is 0 Å². The summed E-state index contributed by atoms with van der Waals surface area (Å²) in [6, 6.07) is -3.58. The van der Waals surface area contributed by atoms with Gasteiger partial charge in [-0.15, -0.1) is 0 Å². The van der Waals surface area contributed by atoms with Crippen molar-refractivity contribution >= 4 is 17.9 Å².